The van der Waals surface area contributed by atoms with E-state index in [1.807, 2.05) is 0 Å². The second kappa shape index (κ2) is 6.18. The Bertz CT molecular complexity index is 818. The van der Waals surface area contributed by atoms with Gasteiger partial charge in [0.2, 0.25) is 11.7 Å². The van der Waals surface area contributed by atoms with Crippen LogP contribution in [-0.2, 0) is 4.79 Å². The zero-order chi connectivity index (χ0) is 16.2. The van der Waals surface area contributed by atoms with Gasteiger partial charge in [-0.25, -0.2) is 0 Å². The fourth-order valence-corrected chi connectivity index (χ4v) is 1.78. The van der Waals surface area contributed by atoms with E-state index in [9.17, 15) is 9.59 Å². The van der Waals surface area contributed by atoms with Crippen molar-refractivity contribution in [1.29, 1.82) is 0 Å². The number of carbonyl (C=O) groups excluding carboxylic acids is 2. The lowest BCUT2D eigenvalue weighted by molar-refractivity contribution is -0.115. The van der Waals surface area contributed by atoms with Crippen LogP contribution in [0.25, 0.3) is 11.5 Å². The van der Waals surface area contributed by atoms with Gasteiger partial charge in [-0.2, -0.15) is 0 Å². The van der Waals surface area contributed by atoms with Crippen LogP contribution in [0.15, 0.2) is 44.0 Å². The molecule has 23 heavy (non-hydrogen) atoms. The fourth-order valence-electron chi connectivity index (χ4n) is 1.78. The van der Waals surface area contributed by atoms with Crippen LogP contribution in [0, 0.1) is 6.92 Å². The van der Waals surface area contributed by atoms with Crippen LogP contribution in [-0.4, -0.2) is 28.7 Å². The maximum Gasteiger partial charge on any atom is 0.273 e. The van der Waals surface area contributed by atoms with E-state index >= 15 is 0 Å². The molecule has 0 atom stereocenters. The number of rotatable bonds is 5. The van der Waals surface area contributed by atoms with Gasteiger partial charge in [-0.05, 0) is 19.1 Å². The Morgan fingerprint density at radius 3 is 2.74 bits per heavy atom. The zero-order valence-corrected chi connectivity index (χ0v) is 12.0. The molecule has 118 valence electrons. The molecule has 0 bridgehead atoms. The molecule has 0 fully saturated rings. The Kier molecular flexibility index (Phi) is 3.91. The maximum atomic E-state index is 11.9. The summed E-state index contributed by atoms with van der Waals surface area (Å²) in [6.45, 7) is 1.46. The van der Waals surface area contributed by atoms with E-state index in [0.29, 0.717) is 17.3 Å². The lowest BCUT2D eigenvalue weighted by Gasteiger charge is -2.02. The number of aryl methyl sites for hydroxylation is 1. The number of aromatic nitrogens is 2. The summed E-state index contributed by atoms with van der Waals surface area (Å²) in [5, 5.41) is 12.1. The smallest absolute Gasteiger partial charge is 0.273 e. The minimum absolute atomic E-state index is 0.0430. The van der Waals surface area contributed by atoms with Crippen molar-refractivity contribution in [3.05, 3.63) is 42.0 Å². The van der Waals surface area contributed by atoms with Crippen molar-refractivity contribution in [2.24, 2.45) is 0 Å². The highest BCUT2D eigenvalue weighted by molar-refractivity contribution is 5.98. The number of carbonyl (C=O) groups is 2. The van der Waals surface area contributed by atoms with Crippen LogP contribution in [0.5, 0.6) is 0 Å². The van der Waals surface area contributed by atoms with Gasteiger partial charge >= 0.3 is 0 Å². The summed E-state index contributed by atoms with van der Waals surface area (Å²) in [5.41, 5.74) is 0.0430. The molecule has 0 aliphatic rings. The second-order valence-corrected chi connectivity index (χ2v) is 4.61. The predicted octanol–water partition coefficient (Wildman–Crippen LogP) is 1.60. The molecule has 0 aliphatic heterocycles. The first-order valence-electron chi connectivity index (χ1n) is 6.64. The molecule has 0 spiro atoms. The molecule has 0 saturated heterocycles. The summed E-state index contributed by atoms with van der Waals surface area (Å²) in [5.74, 6) is 0.637. The van der Waals surface area contributed by atoms with E-state index in [0.717, 1.165) is 0 Å². The molecule has 9 heteroatoms. The molecule has 0 saturated carbocycles. The van der Waals surface area contributed by atoms with Crippen LogP contribution < -0.4 is 10.6 Å². The first-order valence-corrected chi connectivity index (χ1v) is 6.64. The minimum atomic E-state index is -0.543. The molecule has 2 amide bonds. The van der Waals surface area contributed by atoms with Crippen LogP contribution in [0.4, 0.5) is 5.82 Å². The van der Waals surface area contributed by atoms with Crippen molar-refractivity contribution < 1.29 is 23.1 Å². The largest absolute Gasteiger partial charge is 0.461 e. The molecular formula is C14H12N4O5. The highest BCUT2D eigenvalue weighted by Gasteiger charge is 2.16. The molecule has 3 aromatic rings. The molecule has 0 aromatic carbocycles. The third-order valence-electron chi connectivity index (χ3n) is 2.81. The summed E-state index contributed by atoms with van der Waals surface area (Å²) < 4.78 is 15.0. The van der Waals surface area contributed by atoms with E-state index in [4.69, 9.17) is 13.5 Å². The molecule has 3 rings (SSSR count). The summed E-state index contributed by atoms with van der Waals surface area (Å²) in [7, 11) is 0. The van der Waals surface area contributed by atoms with Crippen LogP contribution >= 0.6 is 0 Å². The number of hydrogen-bond acceptors (Lipinski definition) is 7. The average Bonchev–Trinajstić information content (AvgIpc) is 3.25. The third kappa shape index (κ3) is 3.46. The van der Waals surface area contributed by atoms with Crippen molar-refractivity contribution in [3.8, 4) is 11.5 Å². The van der Waals surface area contributed by atoms with Crippen molar-refractivity contribution in [2.75, 3.05) is 11.9 Å². The van der Waals surface area contributed by atoms with Gasteiger partial charge < -0.3 is 24.1 Å². The van der Waals surface area contributed by atoms with Crippen LogP contribution in [0.2, 0.25) is 0 Å². The molecule has 3 aromatic heterocycles. The molecular weight excluding hydrogens is 304 g/mol. The fraction of sp³-hybridized carbons (Fsp3) is 0.143. The van der Waals surface area contributed by atoms with E-state index in [-0.39, 0.29) is 18.1 Å². The monoisotopic (exact) mass is 316 g/mol. The quantitative estimate of drug-likeness (QED) is 0.732. The van der Waals surface area contributed by atoms with E-state index in [1.54, 1.807) is 25.1 Å². The molecule has 2 N–H and O–H groups in total. The maximum absolute atomic E-state index is 11.9. The molecule has 0 unspecified atom stereocenters. The van der Waals surface area contributed by atoms with E-state index < -0.39 is 11.8 Å². The highest BCUT2D eigenvalue weighted by Crippen LogP contribution is 2.20. The standard InChI is InChI=1S/C14H12N4O5/c1-8-5-12(18-22-8)16-13(19)7-15-14(20)9-6-11(23-17-9)10-3-2-4-21-10/h2-6H,7H2,1H3,(H,15,20)(H,16,18,19). The van der Waals surface area contributed by atoms with Gasteiger partial charge in [-0.1, -0.05) is 10.3 Å². The zero-order valence-electron chi connectivity index (χ0n) is 12.0. The first kappa shape index (κ1) is 14.6. The Morgan fingerprint density at radius 1 is 1.17 bits per heavy atom. The van der Waals surface area contributed by atoms with Crippen molar-refractivity contribution in [2.45, 2.75) is 6.92 Å². The predicted molar refractivity (Wildman–Crippen MR) is 76.4 cm³/mol. The summed E-state index contributed by atoms with van der Waals surface area (Å²) in [6, 6.07) is 6.35. The number of nitrogens with one attached hydrogen (secondary N) is 2. The first-order chi connectivity index (χ1) is 11.1. The second-order valence-electron chi connectivity index (χ2n) is 4.61. The molecule has 3 heterocycles. The Balaban J connectivity index is 1.54. The lowest BCUT2D eigenvalue weighted by atomic mass is 10.3. The minimum Gasteiger partial charge on any atom is -0.461 e. The van der Waals surface area contributed by atoms with Gasteiger partial charge in [-0.3, -0.25) is 9.59 Å². The summed E-state index contributed by atoms with van der Waals surface area (Å²) in [4.78, 5) is 23.6. The van der Waals surface area contributed by atoms with Crippen LogP contribution in [0.1, 0.15) is 16.2 Å². The SMILES string of the molecule is Cc1cc(NC(=O)CNC(=O)c2cc(-c3ccco3)on2)no1. The van der Waals surface area contributed by atoms with Crippen LogP contribution in [0.3, 0.4) is 0 Å². The topological polar surface area (TPSA) is 123 Å². The van der Waals surface area contributed by atoms with Gasteiger partial charge in [0.25, 0.3) is 5.91 Å². The number of nitrogens with zero attached hydrogens (tertiary/aromatic N) is 2. The van der Waals surface area contributed by atoms with Crippen molar-refractivity contribution in [1.82, 2.24) is 15.6 Å². The average molecular weight is 316 g/mol. The number of amides is 2. The Hall–Kier alpha value is -3.36. The van der Waals surface area contributed by atoms with E-state index in [2.05, 4.69) is 20.9 Å². The van der Waals surface area contributed by atoms with Gasteiger partial charge in [-0.15, -0.1) is 0 Å². The lowest BCUT2D eigenvalue weighted by Crippen LogP contribution is -2.33. The highest BCUT2D eigenvalue weighted by atomic mass is 16.5. The van der Waals surface area contributed by atoms with Crippen molar-refractivity contribution >= 4 is 17.6 Å². The van der Waals surface area contributed by atoms with E-state index in [1.165, 1.54) is 12.3 Å². The summed E-state index contributed by atoms with van der Waals surface area (Å²) >= 11 is 0. The van der Waals surface area contributed by atoms with Gasteiger partial charge in [0.05, 0.1) is 12.8 Å². The number of hydrogen-bond donors (Lipinski definition) is 2. The number of furan rings is 1. The third-order valence-corrected chi connectivity index (χ3v) is 2.81. The Labute approximate surface area is 129 Å². The van der Waals surface area contributed by atoms with Gasteiger partial charge in [0, 0.05) is 12.1 Å². The molecule has 0 aliphatic carbocycles. The van der Waals surface area contributed by atoms with Gasteiger partial charge in [0.1, 0.15) is 5.76 Å². The molecule has 0 radical (unpaired) electrons. The van der Waals surface area contributed by atoms with Gasteiger partial charge in [0.15, 0.2) is 17.3 Å². The Morgan fingerprint density at radius 2 is 2.04 bits per heavy atom. The molecule has 9 nitrogen and oxygen atoms in total. The van der Waals surface area contributed by atoms with Crippen molar-refractivity contribution in [3.63, 3.8) is 0 Å². The number of anilines is 1. The summed E-state index contributed by atoms with van der Waals surface area (Å²) in [6.07, 6.45) is 1.48. The normalized spacial score (nSPS) is 10.5.